The first kappa shape index (κ1) is 54.1. The van der Waals surface area contributed by atoms with E-state index in [2.05, 4.69) is 263 Å². The van der Waals surface area contributed by atoms with Gasteiger partial charge in [-0.1, -0.05) is 179 Å². The zero-order valence-electron chi connectivity index (χ0n) is 46.3. The second-order valence-corrected chi connectivity index (χ2v) is 25.9. The molecule has 6 aromatic carbocycles. The summed E-state index contributed by atoms with van der Waals surface area (Å²) in [6.45, 7) is 40.8. The molecule has 380 valence electrons. The minimum absolute atomic E-state index is 0. The molecule has 0 aliphatic carbocycles. The molecule has 0 spiro atoms. The summed E-state index contributed by atoms with van der Waals surface area (Å²) in [5, 5.41) is 6.10. The third-order valence-corrected chi connectivity index (χ3v) is 13.8. The molecule has 1 N–H and O–H groups in total. The third kappa shape index (κ3) is 11.6. The summed E-state index contributed by atoms with van der Waals surface area (Å²) in [6.07, 6.45) is 1.92. The van der Waals surface area contributed by atoms with E-state index in [0.29, 0.717) is 11.5 Å². The van der Waals surface area contributed by atoms with Gasteiger partial charge in [-0.25, -0.2) is 4.98 Å². The van der Waals surface area contributed by atoms with E-state index in [1.807, 2.05) is 17.2 Å². The number of para-hydroxylation sites is 2. The molecule has 2 aromatic heterocycles. The predicted molar refractivity (Wildman–Crippen MR) is 304 cm³/mol. The predicted octanol–water partition coefficient (Wildman–Crippen LogP) is 18.7. The Labute approximate surface area is 447 Å². The van der Waals surface area contributed by atoms with Crippen LogP contribution in [0, 0.1) is 19.2 Å². The van der Waals surface area contributed by atoms with Gasteiger partial charge in [-0.05, 0) is 119 Å². The van der Waals surface area contributed by atoms with Gasteiger partial charge < -0.3 is 19.5 Å². The minimum Gasteiger partial charge on any atom is -0.516 e. The monoisotopic (exact) mass is 1140 g/mol. The van der Waals surface area contributed by atoms with Gasteiger partial charge in [0.2, 0.25) is 0 Å². The zero-order chi connectivity index (χ0) is 51.8. The van der Waals surface area contributed by atoms with Crippen molar-refractivity contribution in [3.63, 3.8) is 0 Å². The molecule has 0 amide bonds. The number of rotatable bonds is 8. The number of benzene rings is 6. The van der Waals surface area contributed by atoms with Crippen LogP contribution in [-0.4, -0.2) is 9.55 Å². The van der Waals surface area contributed by atoms with E-state index >= 15 is 0 Å². The fourth-order valence-electron chi connectivity index (χ4n) is 9.03. The van der Waals surface area contributed by atoms with Crippen molar-refractivity contribution in [2.75, 3.05) is 10.2 Å². The number of pyridine rings is 1. The summed E-state index contributed by atoms with van der Waals surface area (Å²) in [5.74, 6) is 2.03. The Morgan fingerprint density at radius 2 is 1.03 bits per heavy atom. The van der Waals surface area contributed by atoms with Gasteiger partial charge in [-0.15, -0.1) is 47.0 Å². The maximum absolute atomic E-state index is 6.86. The van der Waals surface area contributed by atoms with Gasteiger partial charge in [0.25, 0.3) is 0 Å². The topological polar surface area (TPSA) is 42.3 Å². The summed E-state index contributed by atoms with van der Waals surface area (Å²) in [4.78, 5) is 6.93. The standard InChI is InChI=1S/C66H77N4O.Pt/c1-61(2,3)44-24-26-54-55-27-25-52(41-59(55)70(58(54)38-44)60-39-45(28-29-67-60)62(4,5)6)71-53-37-49(66(16,17)18)36-51(40-53)69(19)57-23-21-20-22-56(57)68-50-33-43(32-48(35-50)65(13,14)15)42-30-46(63(7,8)9)34-47(31-42)64(10,11)12;/h20-39,68H,19H2,1-18H3;/q-3;. The van der Waals surface area contributed by atoms with Crippen LogP contribution in [0.3, 0.4) is 0 Å². The Bertz CT molecular complexity index is 3240. The molecular weight excluding hydrogens is 1060 g/mol. The van der Waals surface area contributed by atoms with E-state index in [9.17, 15) is 0 Å². The van der Waals surface area contributed by atoms with Gasteiger partial charge in [0.05, 0.1) is 5.69 Å². The summed E-state index contributed by atoms with van der Waals surface area (Å²) in [6, 6.07) is 49.4. The van der Waals surface area contributed by atoms with Crippen LogP contribution in [0.15, 0.2) is 121 Å². The van der Waals surface area contributed by atoms with Crippen LogP contribution in [0.25, 0.3) is 38.8 Å². The molecule has 0 radical (unpaired) electrons. The first-order valence-corrected chi connectivity index (χ1v) is 25.4. The van der Waals surface area contributed by atoms with E-state index in [4.69, 9.17) is 9.72 Å². The Kier molecular flexibility index (Phi) is 14.5. The average Bonchev–Trinajstić information content (AvgIpc) is 3.60. The van der Waals surface area contributed by atoms with Crippen molar-refractivity contribution in [1.82, 2.24) is 9.55 Å². The van der Waals surface area contributed by atoms with Crippen LogP contribution in [0.2, 0.25) is 0 Å². The Morgan fingerprint density at radius 1 is 0.500 bits per heavy atom. The van der Waals surface area contributed by atoms with E-state index in [1.165, 1.54) is 38.9 Å². The molecule has 0 bridgehead atoms. The summed E-state index contributed by atoms with van der Waals surface area (Å²) >= 11 is 0. The number of hydrogen-bond acceptors (Lipinski definition) is 4. The summed E-state index contributed by atoms with van der Waals surface area (Å²) in [5.41, 5.74) is 15.2. The number of nitrogens with one attached hydrogen (secondary N) is 1. The van der Waals surface area contributed by atoms with Crippen LogP contribution in [0.1, 0.15) is 158 Å². The zero-order valence-corrected chi connectivity index (χ0v) is 48.6. The van der Waals surface area contributed by atoms with Gasteiger partial charge in [0.15, 0.2) is 0 Å². The molecule has 0 aliphatic rings. The van der Waals surface area contributed by atoms with Gasteiger partial charge in [0.1, 0.15) is 5.82 Å². The molecule has 0 saturated heterocycles. The summed E-state index contributed by atoms with van der Waals surface area (Å²) in [7, 11) is 4.69. The van der Waals surface area contributed by atoms with Crippen LogP contribution >= 0.6 is 0 Å². The van der Waals surface area contributed by atoms with Crippen molar-refractivity contribution in [3.05, 3.63) is 174 Å². The second-order valence-electron chi connectivity index (χ2n) is 25.9. The Balaban J connectivity index is 0.00000760. The van der Waals surface area contributed by atoms with E-state index in [0.717, 1.165) is 55.9 Å². The molecular formula is C66H77N4OPt-3. The van der Waals surface area contributed by atoms with Crippen LogP contribution in [-0.2, 0) is 53.6 Å². The van der Waals surface area contributed by atoms with Crippen LogP contribution in [0.4, 0.5) is 22.7 Å². The van der Waals surface area contributed by atoms with E-state index in [1.54, 1.807) is 0 Å². The normalized spacial score (nSPS) is 12.8. The second kappa shape index (κ2) is 19.3. The molecule has 6 heteroatoms. The van der Waals surface area contributed by atoms with Crippen molar-refractivity contribution >= 4 is 44.6 Å². The van der Waals surface area contributed by atoms with Gasteiger partial charge in [-0.3, -0.25) is 7.05 Å². The van der Waals surface area contributed by atoms with Gasteiger partial charge in [-0.2, -0.15) is 6.07 Å². The van der Waals surface area contributed by atoms with Gasteiger partial charge in [0, 0.05) is 55.7 Å². The molecule has 8 rings (SSSR count). The Morgan fingerprint density at radius 3 is 1.62 bits per heavy atom. The smallest absolute Gasteiger partial charge is 0.135 e. The first-order chi connectivity index (χ1) is 32.8. The number of hydrogen-bond donors (Lipinski definition) is 1. The number of fused-ring (bicyclic) bond motifs is 3. The molecule has 0 saturated carbocycles. The van der Waals surface area contributed by atoms with Crippen LogP contribution in [0.5, 0.6) is 11.5 Å². The van der Waals surface area contributed by atoms with Crippen molar-refractivity contribution < 1.29 is 25.8 Å². The third-order valence-electron chi connectivity index (χ3n) is 13.8. The maximum Gasteiger partial charge on any atom is 0.135 e. The minimum atomic E-state index is -0.198. The molecule has 0 aliphatic heterocycles. The van der Waals surface area contributed by atoms with Crippen molar-refractivity contribution in [3.8, 4) is 28.4 Å². The molecule has 2 heterocycles. The van der Waals surface area contributed by atoms with E-state index < -0.39 is 0 Å². The number of ether oxygens (including phenoxy) is 1. The fraction of sp³-hybridized carbons (Fsp3) is 0.364. The summed E-state index contributed by atoms with van der Waals surface area (Å²) < 4.78 is 9.11. The average molecular weight is 1140 g/mol. The molecule has 72 heavy (non-hydrogen) atoms. The molecule has 8 aromatic rings. The number of nitrogens with zero attached hydrogens (tertiary/aromatic N) is 3. The van der Waals surface area contributed by atoms with E-state index in [-0.39, 0.29) is 53.6 Å². The van der Waals surface area contributed by atoms with Crippen molar-refractivity contribution in [2.45, 2.75) is 157 Å². The number of anilines is 4. The molecule has 0 fully saturated rings. The van der Waals surface area contributed by atoms with Crippen LogP contribution < -0.4 is 15.0 Å². The molecule has 0 atom stereocenters. The maximum atomic E-state index is 6.86. The van der Waals surface area contributed by atoms with Crippen molar-refractivity contribution in [1.29, 1.82) is 0 Å². The molecule has 0 unspecified atom stereocenters. The first-order valence-electron chi connectivity index (χ1n) is 25.4. The Hall–Kier alpha value is -5.64. The number of aromatic nitrogens is 2. The molecule has 5 nitrogen and oxygen atoms in total. The SMILES string of the molecule is [CH2-]N(c1[c-]c(Oc2[c-]c3c(cc2)c2ccc(C(C)(C)C)cc2n3-c2cc(C(C)(C)C)ccn2)cc(C(C)(C)C)c1)c1ccccc1Nc1cc(-c2cc(C(C)(C)C)cc(C(C)(C)C)c2)cc(C(C)(C)C)c1.[Pt]. The quantitative estimate of drug-likeness (QED) is 0.154. The largest absolute Gasteiger partial charge is 0.516 e. The van der Waals surface area contributed by atoms with Crippen molar-refractivity contribution in [2.24, 2.45) is 0 Å². The fourth-order valence-corrected chi connectivity index (χ4v) is 9.03. The van der Waals surface area contributed by atoms with Gasteiger partial charge >= 0.3 is 0 Å².